The third-order valence-electron chi connectivity index (χ3n) is 2.90. The number of aryl methyl sites for hydroxylation is 1. The third kappa shape index (κ3) is 3.26. The zero-order chi connectivity index (χ0) is 14.5. The number of halogens is 2. The van der Waals surface area contributed by atoms with Crippen LogP contribution in [0.5, 0.6) is 11.5 Å². The summed E-state index contributed by atoms with van der Waals surface area (Å²) >= 11 is 0. The van der Waals surface area contributed by atoms with Crippen LogP contribution in [0.1, 0.15) is 23.1 Å². The number of hydrogen-bond acceptors (Lipinski definition) is 2. The topological polar surface area (TPSA) is 18.5 Å². The number of hydrogen-bond donors (Lipinski definition) is 0. The van der Waals surface area contributed by atoms with Crippen LogP contribution in [0.25, 0.3) is 0 Å². The van der Waals surface area contributed by atoms with E-state index in [9.17, 15) is 8.78 Å². The summed E-state index contributed by atoms with van der Waals surface area (Å²) in [5.41, 5.74) is 1.54. The van der Waals surface area contributed by atoms with Gasteiger partial charge in [0.25, 0.3) is 6.43 Å². The van der Waals surface area contributed by atoms with Crippen LogP contribution < -0.4 is 9.47 Å². The van der Waals surface area contributed by atoms with Crippen LogP contribution in [0.2, 0.25) is 0 Å². The molecule has 0 atom stereocenters. The molecule has 2 aromatic rings. The van der Waals surface area contributed by atoms with Crippen molar-refractivity contribution in [2.24, 2.45) is 0 Å². The first-order chi connectivity index (χ1) is 9.61. The van der Waals surface area contributed by atoms with Gasteiger partial charge in [-0.2, -0.15) is 0 Å². The van der Waals surface area contributed by atoms with E-state index in [2.05, 4.69) is 0 Å². The minimum atomic E-state index is -2.59. The third-order valence-corrected chi connectivity index (χ3v) is 2.90. The fraction of sp³-hybridized carbons (Fsp3) is 0.250. The molecule has 2 aromatic carbocycles. The fourth-order valence-corrected chi connectivity index (χ4v) is 1.99. The van der Waals surface area contributed by atoms with E-state index in [1.54, 1.807) is 13.0 Å². The van der Waals surface area contributed by atoms with Gasteiger partial charge >= 0.3 is 0 Å². The molecule has 0 heterocycles. The Labute approximate surface area is 117 Å². The lowest BCUT2D eigenvalue weighted by molar-refractivity contribution is 0.145. The zero-order valence-corrected chi connectivity index (χ0v) is 11.4. The molecule has 2 rings (SSSR count). The van der Waals surface area contributed by atoms with Crippen molar-refractivity contribution in [3.8, 4) is 11.5 Å². The second kappa shape index (κ2) is 6.37. The molecule has 2 nitrogen and oxygen atoms in total. The number of methoxy groups -OCH3 is 1. The number of ether oxygens (including phenoxy) is 2. The van der Waals surface area contributed by atoms with Crippen LogP contribution in [0.4, 0.5) is 8.78 Å². The lowest BCUT2D eigenvalue weighted by atomic mass is 10.1. The second-order valence-corrected chi connectivity index (χ2v) is 4.46. The molecular formula is C16H16F2O2. The smallest absolute Gasteiger partial charge is 0.267 e. The zero-order valence-electron chi connectivity index (χ0n) is 11.4. The summed E-state index contributed by atoms with van der Waals surface area (Å²) in [5, 5.41) is 0. The van der Waals surface area contributed by atoms with Gasteiger partial charge in [0.05, 0.1) is 12.7 Å². The fourth-order valence-electron chi connectivity index (χ4n) is 1.99. The average molecular weight is 278 g/mol. The molecule has 0 amide bonds. The van der Waals surface area contributed by atoms with Gasteiger partial charge in [0.15, 0.2) is 11.5 Å². The van der Waals surface area contributed by atoms with Crippen molar-refractivity contribution in [2.75, 3.05) is 7.11 Å². The summed E-state index contributed by atoms with van der Waals surface area (Å²) in [4.78, 5) is 0. The molecule has 0 aliphatic carbocycles. The molecule has 0 aliphatic heterocycles. The minimum absolute atomic E-state index is 0.0986. The lowest BCUT2D eigenvalue weighted by Gasteiger charge is -2.15. The Morgan fingerprint density at radius 3 is 2.40 bits per heavy atom. The Morgan fingerprint density at radius 2 is 1.80 bits per heavy atom. The Balaban J connectivity index is 2.26. The minimum Gasteiger partial charge on any atom is -0.492 e. The monoisotopic (exact) mass is 278 g/mol. The van der Waals surface area contributed by atoms with Gasteiger partial charge in [-0.3, -0.25) is 0 Å². The van der Waals surface area contributed by atoms with Crippen LogP contribution in [-0.2, 0) is 6.61 Å². The van der Waals surface area contributed by atoms with E-state index < -0.39 is 6.43 Å². The molecule has 106 valence electrons. The van der Waals surface area contributed by atoms with Gasteiger partial charge in [-0.25, -0.2) is 8.78 Å². The van der Waals surface area contributed by atoms with E-state index in [0.717, 1.165) is 5.56 Å². The summed E-state index contributed by atoms with van der Waals surface area (Å²) in [7, 11) is 1.37. The van der Waals surface area contributed by atoms with Gasteiger partial charge < -0.3 is 9.47 Å². The highest BCUT2D eigenvalue weighted by atomic mass is 19.3. The van der Waals surface area contributed by atoms with Crippen LogP contribution in [0, 0.1) is 6.92 Å². The summed E-state index contributed by atoms with van der Waals surface area (Å²) in [5.74, 6) is 0.438. The van der Waals surface area contributed by atoms with Crippen LogP contribution in [-0.4, -0.2) is 7.11 Å². The van der Waals surface area contributed by atoms with E-state index in [1.807, 2.05) is 30.3 Å². The van der Waals surface area contributed by atoms with Gasteiger partial charge in [0.1, 0.15) is 6.61 Å². The molecule has 0 N–H and O–H groups in total. The van der Waals surface area contributed by atoms with Gasteiger partial charge in [-0.05, 0) is 30.2 Å². The van der Waals surface area contributed by atoms with Crippen molar-refractivity contribution in [3.63, 3.8) is 0 Å². The Kier molecular flexibility index (Phi) is 4.56. The van der Waals surface area contributed by atoms with E-state index in [0.29, 0.717) is 17.9 Å². The Bertz CT molecular complexity index is 568. The maximum absolute atomic E-state index is 13.0. The standard InChI is InChI=1S/C16H16F2O2/c1-11-8-13(16(17)18)15(19-2)14(9-11)20-10-12-6-4-3-5-7-12/h3-9,16H,10H2,1-2H3. The highest BCUT2D eigenvalue weighted by Crippen LogP contribution is 2.38. The molecule has 0 bridgehead atoms. The predicted octanol–water partition coefficient (Wildman–Crippen LogP) is 4.52. The van der Waals surface area contributed by atoms with Crippen LogP contribution >= 0.6 is 0 Å². The molecule has 0 fully saturated rings. The van der Waals surface area contributed by atoms with Gasteiger partial charge in [0.2, 0.25) is 0 Å². The van der Waals surface area contributed by atoms with Crippen LogP contribution in [0.15, 0.2) is 42.5 Å². The van der Waals surface area contributed by atoms with Crippen molar-refractivity contribution in [1.29, 1.82) is 0 Å². The highest BCUT2D eigenvalue weighted by molar-refractivity contribution is 5.50. The number of benzene rings is 2. The molecule has 0 spiro atoms. The van der Waals surface area contributed by atoms with E-state index in [-0.39, 0.29) is 11.3 Å². The second-order valence-electron chi connectivity index (χ2n) is 4.46. The first-order valence-electron chi connectivity index (χ1n) is 6.25. The van der Waals surface area contributed by atoms with E-state index in [4.69, 9.17) is 9.47 Å². The summed E-state index contributed by atoms with van der Waals surface area (Å²) in [6.07, 6.45) is -2.59. The van der Waals surface area contributed by atoms with Crippen molar-refractivity contribution < 1.29 is 18.3 Å². The maximum atomic E-state index is 13.0. The molecular weight excluding hydrogens is 262 g/mol. The normalized spacial score (nSPS) is 10.7. The molecule has 0 aliphatic rings. The molecule has 0 saturated carbocycles. The van der Waals surface area contributed by atoms with Gasteiger partial charge in [-0.1, -0.05) is 30.3 Å². The lowest BCUT2D eigenvalue weighted by Crippen LogP contribution is -2.01. The van der Waals surface area contributed by atoms with Crippen molar-refractivity contribution in [1.82, 2.24) is 0 Å². The van der Waals surface area contributed by atoms with Crippen molar-refractivity contribution in [3.05, 3.63) is 59.2 Å². The average Bonchev–Trinajstić information content (AvgIpc) is 2.45. The number of alkyl halides is 2. The SMILES string of the molecule is COc1c(OCc2ccccc2)cc(C)cc1C(F)F. The first kappa shape index (κ1) is 14.3. The Morgan fingerprint density at radius 1 is 1.10 bits per heavy atom. The van der Waals surface area contributed by atoms with E-state index >= 15 is 0 Å². The molecule has 4 heteroatoms. The largest absolute Gasteiger partial charge is 0.492 e. The summed E-state index contributed by atoms with van der Waals surface area (Å²) < 4.78 is 36.7. The summed E-state index contributed by atoms with van der Waals surface area (Å²) in [6, 6.07) is 12.7. The van der Waals surface area contributed by atoms with Gasteiger partial charge in [-0.15, -0.1) is 0 Å². The highest BCUT2D eigenvalue weighted by Gasteiger charge is 2.19. The van der Waals surface area contributed by atoms with Crippen molar-refractivity contribution in [2.45, 2.75) is 20.0 Å². The molecule has 0 radical (unpaired) electrons. The molecule has 0 saturated heterocycles. The molecule has 0 unspecified atom stereocenters. The quantitative estimate of drug-likeness (QED) is 0.800. The molecule has 0 aromatic heterocycles. The van der Waals surface area contributed by atoms with Crippen LogP contribution in [0.3, 0.4) is 0 Å². The number of rotatable bonds is 5. The van der Waals surface area contributed by atoms with E-state index in [1.165, 1.54) is 13.2 Å². The predicted molar refractivity (Wildman–Crippen MR) is 73.5 cm³/mol. The van der Waals surface area contributed by atoms with Crippen molar-refractivity contribution >= 4 is 0 Å². The Hall–Kier alpha value is -2.10. The molecule has 20 heavy (non-hydrogen) atoms. The maximum Gasteiger partial charge on any atom is 0.267 e. The first-order valence-corrected chi connectivity index (χ1v) is 6.25. The van der Waals surface area contributed by atoms with Gasteiger partial charge in [0, 0.05) is 0 Å². The summed E-state index contributed by atoms with van der Waals surface area (Å²) in [6.45, 7) is 2.06.